The molecule has 5 heterocycles. The number of pyridine rings is 2. The predicted octanol–water partition coefficient (Wildman–Crippen LogP) is 4.98. The molecule has 10 heteroatoms. The lowest BCUT2D eigenvalue weighted by Crippen LogP contribution is -2.46. The zero-order chi connectivity index (χ0) is 28.5. The number of nitrogens with zero attached hydrogens (tertiary/aromatic N) is 8. The fourth-order valence-corrected chi connectivity index (χ4v) is 5.38. The van der Waals surface area contributed by atoms with Gasteiger partial charge in [0.05, 0.1) is 11.3 Å². The van der Waals surface area contributed by atoms with Gasteiger partial charge in [0.25, 0.3) is 0 Å². The van der Waals surface area contributed by atoms with E-state index in [0.717, 1.165) is 44.4 Å². The van der Waals surface area contributed by atoms with Crippen LogP contribution >= 0.6 is 0 Å². The third-order valence-corrected chi connectivity index (χ3v) is 7.54. The Morgan fingerprint density at radius 1 is 0.714 bits per heavy atom. The lowest BCUT2D eigenvalue weighted by molar-refractivity contribution is 0.248. The first-order valence-corrected chi connectivity index (χ1v) is 13.8. The number of halogens is 1. The number of anilines is 2. The van der Waals surface area contributed by atoms with Crippen LogP contribution in [0, 0.1) is 5.82 Å². The number of nitrogens with two attached hydrogens (primary N) is 1. The van der Waals surface area contributed by atoms with Crippen LogP contribution in [0.4, 0.5) is 16.2 Å². The van der Waals surface area contributed by atoms with E-state index in [9.17, 15) is 4.39 Å². The van der Waals surface area contributed by atoms with Gasteiger partial charge in [0.1, 0.15) is 17.2 Å². The molecule has 6 aromatic rings. The molecular weight excluding hydrogens is 529 g/mol. The van der Waals surface area contributed by atoms with E-state index in [1.165, 1.54) is 11.6 Å². The highest BCUT2D eigenvalue weighted by Gasteiger charge is 2.21. The Bertz CT molecular complexity index is 1850. The van der Waals surface area contributed by atoms with Gasteiger partial charge in [0.15, 0.2) is 11.5 Å². The molecule has 1 aliphatic rings. The summed E-state index contributed by atoms with van der Waals surface area (Å²) in [6.45, 7) is 4.47. The van der Waals surface area contributed by atoms with Crippen LogP contribution in [0.2, 0.25) is 0 Å². The summed E-state index contributed by atoms with van der Waals surface area (Å²) in [5.74, 6) is 1.46. The van der Waals surface area contributed by atoms with Gasteiger partial charge < -0.3 is 10.6 Å². The summed E-state index contributed by atoms with van der Waals surface area (Å²) in [6, 6.07) is 24.3. The summed E-state index contributed by atoms with van der Waals surface area (Å²) in [5.41, 5.74) is 11.3. The van der Waals surface area contributed by atoms with Crippen LogP contribution in [0.25, 0.3) is 39.5 Å². The molecule has 9 nitrogen and oxygen atoms in total. The summed E-state index contributed by atoms with van der Waals surface area (Å²) in [5, 5.41) is 0. The second-order valence-corrected chi connectivity index (χ2v) is 10.2. The molecule has 42 heavy (non-hydrogen) atoms. The minimum absolute atomic E-state index is 0.325. The van der Waals surface area contributed by atoms with Crippen molar-refractivity contribution in [2.24, 2.45) is 0 Å². The molecule has 1 aliphatic heterocycles. The van der Waals surface area contributed by atoms with Crippen LogP contribution in [0.1, 0.15) is 5.56 Å². The smallest absolute Gasteiger partial charge is 0.225 e. The largest absolute Gasteiger partial charge is 0.383 e. The SMILES string of the molecule is Nc1ncccc1-c1nc2ccc(-c3ccccc3F)nc2n1-c1ccc(CN2CCN(c3ncccn3)CC2)cc1. The van der Waals surface area contributed by atoms with Crippen LogP contribution in [0.5, 0.6) is 0 Å². The maximum Gasteiger partial charge on any atom is 0.225 e. The standard InChI is InChI=1S/C32H28FN9/c33-26-7-2-1-5-24(26)27-12-13-28-31(38-27)42(30(39-28)25-6-3-14-35-29(25)34)23-10-8-22(9-11-23)21-40-17-19-41(20-18-40)32-36-15-4-16-37-32/h1-16H,17-21H2,(H2,34,35). The summed E-state index contributed by atoms with van der Waals surface area (Å²) in [6.07, 6.45) is 5.22. The first-order valence-electron chi connectivity index (χ1n) is 13.8. The highest BCUT2D eigenvalue weighted by Crippen LogP contribution is 2.32. The fourth-order valence-electron chi connectivity index (χ4n) is 5.38. The van der Waals surface area contributed by atoms with Gasteiger partial charge in [0.2, 0.25) is 5.95 Å². The van der Waals surface area contributed by atoms with E-state index in [4.69, 9.17) is 15.7 Å². The van der Waals surface area contributed by atoms with Gasteiger partial charge in [0, 0.05) is 62.6 Å². The van der Waals surface area contributed by atoms with E-state index < -0.39 is 0 Å². The van der Waals surface area contributed by atoms with Crippen molar-refractivity contribution in [1.82, 2.24) is 34.4 Å². The topological polar surface area (TPSA) is 102 Å². The summed E-state index contributed by atoms with van der Waals surface area (Å²) < 4.78 is 16.6. The van der Waals surface area contributed by atoms with E-state index in [1.807, 2.05) is 28.8 Å². The first kappa shape index (κ1) is 25.7. The summed E-state index contributed by atoms with van der Waals surface area (Å²) in [4.78, 5) is 27.5. The van der Waals surface area contributed by atoms with Crippen LogP contribution < -0.4 is 10.6 Å². The molecule has 1 saturated heterocycles. The number of rotatable bonds is 6. The monoisotopic (exact) mass is 557 g/mol. The maximum absolute atomic E-state index is 14.7. The summed E-state index contributed by atoms with van der Waals surface area (Å²) >= 11 is 0. The van der Waals surface area contributed by atoms with Crippen molar-refractivity contribution in [2.45, 2.75) is 6.54 Å². The van der Waals surface area contributed by atoms with Gasteiger partial charge in [-0.1, -0.05) is 24.3 Å². The lowest BCUT2D eigenvalue weighted by Gasteiger charge is -2.34. The van der Waals surface area contributed by atoms with Gasteiger partial charge in [-0.15, -0.1) is 0 Å². The van der Waals surface area contributed by atoms with Crippen molar-refractivity contribution in [3.63, 3.8) is 0 Å². The lowest BCUT2D eigenvalue weighted by atomic mass is 10.1. The number of hydrogen-bond acceptors (Lipinski definition) is 8. The molecule has 0 amide bonds. The molecule has 2 aromatic carbocycles. The van der Waals surface area contributed by atoms with Crippen molar-refractivity contribution >= 4 is 22.9 Å². The molecule has 0 bridgehead atoms. The quantitative estimate of drug-likeness (QED) is 0.306. The van der Waals surface area contributed by atoms with Crippen molar-refractivity contribution in [3.8, 4) is 28.3 Å². The number of benzene rings is 2. The second kappa shape index (κ2) is 11.0. The number of nitrogen functional groups attached to an aromatic ring is 1. The zero-order valence-corrected chi connectivity index (χ0v) is 22.8. The van der Waals surface area contributed by atoms with Crippen molar-refractivity contribution in [3.05, 3.63) is 109 Å². The molecule has 0 saturated carbocycles. The molecule has 0 aliphatic carbocycles. The molecule has 0 atom stereocenters. The van der Waals surface area contributed by atoms with Gasteiger partial charge in [-0.25, -0.2) is 29.3 Å². The molecule has 1 fully saturated rings. The van der Waals surface area contributed by atoms with Crippen LogP contribution in [-0.2, 0) is 6.54 Å². The minimum atomic E-state index is -0.325. The van der Waals surface area contributed by atoms with E-state index in [2.05, 4.69) is 49.0 Å². The first-order chi connectivity index (χ1) is 20.6. The third kappa shape index (κ3) is 4.92. The number of imidazole rings is 1. The molecule has 7 rings (SSSR count). The molecule has 208 valence electrons. The average molecular weight is 558 g/mol. The van der Waals surface area contributed by atoms with Crippen molar-refractivity contribution in [1.29, 1.82) is 0 Å². The maximum atomic E-state index is 14.7. The van der Waals surface area contributed by atoms with Gasteiger partial charge >= 0.3 is 0 Å². The minimum Gasteiger partial charge on any atom is -0.383 e. The number of aromatic nitrogens is 6. The van der Waals surface area contributed by atoms with Crippen LogP contribution in [-0.4, -0.2) is 60.6 Å². The number of piperazine rings is 1. The van der Waals surface area contributed by atoms with Crippen molar-refractivity contribution in [2.75, 3.05) is 36.8 Å². The Morgan fingerprint density at radius 3 is 2.21 bits per heavy atom. The van der Waals surface area contributed by atoms with E-state index in [1.54, 1.807) is 42.9 Å². The van der Waals surface area contributed by atoms with Crippen molar-refractivity contribution < 1.29 is 4.39 Å². The van der Waals surface area contributed by atoms with Gasteiger partial charge in [-0.3, -0.25) is 9.47 Å². The molecule has 0 radical (unpaired) electrons. The zero-order valence-electron chi connectivity index (χ0n) is 22.8. The fraction of sp³-hybridized carbons (Fsp3) is 0.156. The Hall–Kier alpha value is -5.22. The van der Waals surface area contributed by atoms with E-state index in [0.29, 0.717) is 39.6 Å². The predicted molar refractivity (Wildman–Crippen MR) is 161 cm³/mol. The average Bonchev–Trinajstić information content (AvgIpc) is 3.41. The molecule has 0 spiro atoms. The van der Waals surface area contributed by atoms with Gasteiger partial charge in [-0.2, -0.15) is 0 Å². The van der Waals surface area contributed by atoms with Crippen LogP contribution in [0.15, 0.2) is 97.5 Å². The third-order valence-electron chi connectivity index (χ3n) is 7.54. The molecule has 2 N–H and O–H groups in total. The highest BCUT2D eigenvalue weighted by atomic mass is 19.1. The Balaban J connectivity index is 1.21. The highest BCUT2D eigenvalue weighted by molar-refractivity contribution is 5.84. The molecule has 4 aromatic heterocycles. The normalized spacial score (nSPS) is 14.0. The van der Waals surface area contributed by atoms with Gasteiger partial charge in [-0.05, 0) is 60.2 Å². The number of fused-ring (bicyclic) bond motifs is 1. The Labute approximate surface area is 242 Å². The Morgan fingerprint density at radius 2 is 1.45 bits per heavy atom. The van der Waals surface area contributed by atoms with E-state index in [-0.39, 0.29) is 5.82 Å². The number of hydrogen-bond donors (Lipinski definition) is 1. The molecular formula is C32H28FN9. The Kier molecular flexibility index (Phi) is 6.73. The van der Waals surface area contributed by atoms with Crippen LogP contribution in [0.3, 0.4) is 0 Å². The second-order valence-electron chi connectivity index (χ2n) is 10.2. The molecule has 0 unspecified atom stereocenters. The summed E-state index contributed by atoms with van der Waals surface area (Å²) in [7, 11) is 0. The van der Waals surface area contributed by atoms with E-state index >= 15 is 0 Å².